The topological polar surface area (TPSA) is 159 Å². The SMILES string of the molecule is O=C(Nc1n[nH]c(C(=O)Nc2ccc(C(=O)O)nc2)n1)OCC1c2ccccc2-c2ccccc21. The number of aromatic carboxylic acids is 1. The van der Waals surface area contributed by atoms with E-state index >= 15 is 0 Å². The van der Waals surface area contributed by atoms with Crippen LogP contribution in [0.1, 0.15) is 38.2 Å². The van der Waals surface area contributed by atoms with E-state index in [4.69, 9.17) is 9.84 Å². The Kier molecular flexibility index (Phi) is 5.63. The maximum Gasteiger partial charge on any atom is 0.414 e. The summed E-state index contributed by atoms with van der Waals surface area (Å²) in [7, 11) is 0. The minimum Gasteiger partial charge on any atom is -0.477 e. The molecule has 0 bridgehead atoms. The summed E-state index contributed by atoms with van der Waals surface area (Å²) < 4.78 is 5.44. The quantitative estimate of drug-likeness (QED) is 0.333. The van der Waals surface area contributed by atoms with Gasteiger partial charge in [0, 0.05) is 5.92 Å². The molecule has 11 heteroatoms. The lowest BCUT2D eigenvalue weighted by Crippen LogP contribution is -2.19. The van der Waals surface area contributed by atoms with E-state index in [-0.39, 0.29) is 35.7 Å². The monoisotopic (exact) mass is 470 g/mol. The first-order valence-electron chi connectivity index (χ1n) is 10.5. The summed E-state index contributed by atoms with van der Waals surface area (Å²) in [5.74, 6) is -2.22. The summed E-state index contributed by atoms with van der Waals surface area (Å²) in [5.41, 5.74) is 4.53. The number of fused-ring (bicyclic) bond motifs is 3. The third-order valence-electron chi connectivity index (χ3n) is 5.50. The van der Waals surface area contributed by atoms with Crippen LogP contribution >= 0.6 is 0 Å². The molecule has 5 rings (SSSR count). The van der Waals surface area contributed by atoms with Gasteiger partial charge < -0.3 is 15.2 Å². The van der Waals surface area contributed by atoms with E-state index in [9.17, 15) is 14.4 Å². The van der Waals surface area contributed by atoms with E-state index in [1.807, 2.05) is 48.5 Å². The number of hydrogen-bond acceptors (Lipinski definition) is 7. The third-order valence-corrected chi connectivity index (χ3v) is 5.50. The van der Waals surface area contributed by atoms with Crippen molar-refractivity contribution in [2.75, 3.05) is 17.2 Å². The minimum absolute atomic E-state index is 0.0947. The summed E-state index contributed by atoms with van der Waals surface area (Å²) in [6, 6.07) is 18.6. The Balaban J connectivity index is 1.19. The van der Waals surface area contributed by atoms with Crippen molar-refractivity contribution in [3.63, 3.8) is 0 Å². The molecule has 2 aromatic heterocycles. The number of carboxylic acid groups (broad SMARTS) is 1. The molecule has 2 amide bonds. The number of carbonyl (C=O) groups excluding carboxylic acids is 2. The van der Waals surface area contributed by atoms with Gasteiger partial charge in [0.15, 0.2) is 0 Å². The molecular weight excluding hydrogens is 452 g/mol. The van der Waals surface area contributed by atoms with Gasteiger partial charge in [-0.2, -0.15) is 4.98 Å². The van der Waals surface area contributed by atoms with E-state index in [0.717, 1.165) is 22.3 Å². The first kappa shape index (κ1) is 21.8. The molecule has 0 fully saturated rings. The van der Waals surface area contributed by atoms with Gasteiger partial charge in [0.1, 0.15) is 12.3 Å². The van der Waals surface area contributed by atoms with E-state index in [1.54, 1.807) is 0 Å². The van der Waals surface area contributed by atoms with Gasteiger partial charge in [0.25, 0.3) is 11.9 Å². The molecule has 35 heavy (non-hydrogen) atoms. The molecule has 2 aromatic carbocycles. The van der Waals surface area contributed by atoms with Crippen molar-refractivity contribution in [3.05, 3.63) is 89.5 Å². The van der Waals surface area contributed by atoms with Crippen LogP contribution in [-0.2, 0) is 4.74 Å². The number of rotatable bonds is 6. The predicted molar refractivity (Wildman–Crippen MR) is 124 cm³/mol. The Labute approximate surface area is 198 Å². The number of H-pyrrole nitrogens is 1. The fourth-order valence-corrected chi connectivity index (χ4v) is 3.93. The average Bonchev–Trinajstić information content (AvgIpc) is 3.46. The number of hydrogen-bond donors (Lipinski definition) is 4. The number of anilines is 2. The summed E-state index contributed by atoms with van der Waals surface area (Å²) >= 11 is 0. The van der Waals surface area contributed by atoms with E-state index in [2.05, 4.69) is 30.8 Å². The number of benzene rings is 2. The van der Waals surface area contributed by atoms with Crippen LogP contribution in [-0.4, -0.2) is 49.8 Å². The summed E-state index contributed by atoms with van der Waals surface area (Å²) in [4.78, 5) is 43.2. The Morgan fingerprint density at radius 1 is 0.943 bits per heavy atom. The van der Waals surface area contributed by atoms with E-state index < -0.39 is 18.0 Å². The Bertz CT molecular complexity index is 1390. The smallest absolute Gasteiger partial charge is 0.414 e. The number of aromatic amines is 1. The molecule has 1 aliphatic carbocycles. The maximum atomic E-state index is 12.4. The number of nitrogens with zero attached hydrogens (tertiary/aromatic N) is 3. The third kappa shape index (κ3) is 4.42. The highest BCUT2D eigenvalue weighted by Crippen LogP contribution is 2.44. The first-order valence-corrected chi connectivity index (χ1v) is 10.5. The van der Waals surface area contributed by atoms with Crippen molar-refractivity contribution >= 4 is 29.6 Å². The second-order valence-corrected chi connectivity index (χ2v) is 7.65. The van der Waals surface area contributed by atoms with Gasteiger partial charge in [-0.15, -0.1) is 5.10 Å². The zero-order chi connectivity index (χ0) is 24.4. The van der Waals surface area contributed by atoms with Gasteiger partial charge >= 0.3 is 12.1 Å². The highest BCUT2D eigenvalue weighted by molar-refractivity contribution is 6.02. The van der Waals surface area contributed by atoms with Gasteiger partial charge in [-0.3, -0.25) is 15.2 Å². The van der Waals surface area contributed by atoms with Crippen molar-refractivity contribution in [2.24, 2.45) is 0 Å². The van der Waals surface area contributed by atoms with Gasteiger partial charge in [-0.25, -0.2) is 14.6 Å². The van der Waals surface area contributed by atoms with Crippen molar-refractivity contribution in [2.45, 2.75) is 5.92 Å². The van der Waals surface area contributed by atoms with Gasteiger partial charge in [0.05, 0.1) is 11.9 Å². The molecule has 0 atom stereocenters. The largest absolute Gasteiger partial charge is 0.477 e. The highest BCUT2D eigenvalue weighted by Gasteiger charge is 2.29. The van der Waals surface area contributed by atoms with Crippen molar-refractivity contribution in [1.29, 1.82) is 0 Å². The summed E-state index contributed by atoms with van der Waals surface area (Å²) in [5, 5.41) is 20.0. The van der Waals surface area contributed by atoms with Crippen LogP contribution < -0.4 is 10.6 Å². The molecule has 4 N–H and O–H groups in total. The second kappa shape index (κ2) is 9.06. The molecule has 0 aliphatic heterocycles. The van der Waals surface area contributed by atoms with Gasteiger partial charge in [0.2, 0.25) is 5.82 Å². The number of aromatic nitrogens is 4. The zero-order valence-electron chi connectivity index (χ0n) is 18.1. The van der Waals surface area contributed by atoms with Crippen molar-refractivity contribution in [1.82, 2.24) is 20.2 Å². The molecule has 0 saturated carbocycles. The molecule has 4 aromatic rings. The molecule has 0 spiro atoms. The Morgan fingerprint density at radius 2 is 1.63 bits per heavy atom. The standard InChI is InChI=1S/C24H18N6O5/c31-21(26-13-9-10-19(22(32)33)25-11-13)20-27-23(30-29-20)28-24(34)35-12-18-16-7-3-1-5-14(16)15-6-2-4-8-17(15)18/h1-11,18H,12H2,(H,26,31)(H,32,33)(H2,27,28,29,30,34). The van der Waals surface area contributed by atoms with Crippen molar-refractivity contribution < 1.29 is 24.2 Å². The lowest BCUT2D eigenvalue weighted by molar-refractivity contribution is 0.0690. The molecule has 2 heterocycles. The lowest BCUT2D eigenvalue weighted by atomic mass is 9.98. The first-order chi connectivity index (χ1) is 17.0. The summed E-state index contributed by atoms with van der Waals surface area (Å²) in [6.07, 6.45) is 0.444. The number of nitrogens with one attached hydrogen (secondary N) is 3. The molecule has 0 radical (unpaired) electrons. The molecule has 11 nitrogen and oxygen atoms in total. The molecule has 174 valence electrons. The lowest BCUT2D eigenvalue weighted by Gasteiger charge is -2.13. The minimum atomic E-state index is -1.18. The predicted octanol–water partition coefficient (Wildman–Crippen LogP) is 3.51. The normalized spacial score (nSPS) is 11.9. The maximum absolute atomic E-state index is 12.4. The molecular formula is C24H18N6O5. The van der Waals surface area contributed by atoms with Crippen LogP contribution in [0, 0.1) is 0 Å². The van der Waals surface area contributed by atoms with E-state index in [1.165, 1.54) is 18.3 Å². The number of pyridine rings is 1. The number of carbonyl (C=O) groups is 3. The van der Waals surface area contributed by atoms with Crippen LogP contribution in [0.2, 0.25) is 0 Å². The van der Waals surface area contributed by atoms with Crippen molar-refractivity contribution in [3.8, 4) is 11.1 Å². The Morgan fingerprint density at radius 3 is 2.26 bits per heavy atom. The van der Waals surface area contributed by atoms with Crippen LogP contribution in [0.4, 0.5) is 16.4 Å². The number of carboxylic acids is 1. The second-order valence-electron chi connectivity index (χ2n) is 7.65. The summed E-state index contributed by atoms with van der Waals surface area (Å²) in [6.45, 7) is 0.122. The molecule has 0 saturated heterocycles. The van der Waals surface area contributed by atoms with Gasteiger partial charge in [-0.05, 0) is 34.4 Å². The average molecular weight is 470 g/mol. The Hall–Kier alpha value is -5.06. The zero-order valence-corrected chi connectivity index (χ0v) is 18.1. The molecule has 0 unspecified atom stereocenters. The van der Waals surface area contributed by atoms with Crippen LogP contribution in [0.25, 0.3) is 11.1 Å². The van der Waals surface area contributed by atoms with Crippen LogP contribution in [0.15, 0.2) is 66.9 Å². The number of amides is 2. The molecule has 1 aliphatic rings. The van der Waals surface area contributed by atoms with Crippen LogP contribution in [0.5, 0.6) is 0 Å². The van der Waals surface area contributed by atoms with Crippen LogP contribution in [0.3, 0.4) is 0 Å². The number of ether oxygens (including phenoxy) is 1. The van der Waals surface area contributed by atoms with E-state index in [0.29, 0.717) is 0 Å². The van der Waals surface area contributed by atoms with Gasteiger partial charge in [-0.1, -0.05) is 48.5 Å². The fourth-order valence-electron chi connectivity index (χ4n) is 3.93. The highest BCUT2D eigenvalue weighted by atomic mass is 16.5. The fraction of sp³-hybridized carbons (Fsp3) is 0.0833.